The van der Waals surface area contributed by atoms with E-state index in [0.717, 1.165) is 25.2 Å². The highest BCUT2D eigenvalue weighted by Crippen LogP contribution is 2.22. The molecule has 0 aliphatic carbocycles. The van der Waals surface area contributed by atoms with Crippen LogP contribution in [-0.2, 0) is 5.41 Å². The van der Waals surface area contributed by atoms with Gasteiger partial charge in [-0.1, -0.05) is 27.7 Å². The highest BCUT2D eigenvalue weighted by molar-refractivity contribution is 5.92. The summed E-state index contributed by atoms with van der Waals surface area (Å²) in [5, 5.41) is 7.15. The molecule has 100 valence electrons. The summed E-state index contributed by atoms with van der Waals surface area (Å²) < 4.78 is 0. The first-order valence-corrected chi connectivity index (χ1v) is 6.73. The number of nitrogens with one attached hydrogen (secondary N) is 1. The van der Waals surface area contributed by atoms with Crippen LogP contribution in [0.3, 0.4) is 0 Å². The first-order valence-electron chi connectivity index (χ1n) is 6.73. The van der Waals surface area contributed by atoms with Gasteiger partial charge < -0.3 is 4.90 Å². The van der Waals surface area contributed by atoms with Crippen molar-refractivity contribution in [1.29, 1.82) is 0 Å². The van der Waals surface area contributed by atoms with E-state index in [9.17, 15) is 4.79 Å². The Kier molecular flexibility index (Phi) is 3.46. The zero-order valence-corrected chi connectivity index (χ0v) is 11.8. The average molecular weight is 249 g/mol. The van der Waals surface area contributed by atoms with Crippen molar-refractivity contribution >= 4 is 5.91 Å². The monoisotopic (exact) mass is 249 g/mol. The number of rotatable bonds is 1. The number of hydrogen-bond acceptors (Lipinski definition) is 2. The van der Waals surface area contributed by atoms with Gasteiger partial charge in [-0.3, -0.25) is 9.89 Å². The van der Waals surface area contributed by atoms with Gasteiger partial charge in [-0.05, 0) is 24.8 Å². The van der Waals surface area contributed by atoms with Gasteiger partial charge in [-0.2, -0.15) is 5.10 Å². The summed E-state index contributed by atoms with van der Waals surface area (Å²) in [6.07, 6.45) is 2.32. The summed E-state index contributed by atoms with van der Waals surface area (Å²) in [5.74, 6) is 0.664. The molecule has 1 aliphatic rings. The molecule has 1 fully saturated rings. The Balaban J connectivity index is 2.11. The molecule has 1 aromatic heterocycles. The summed E-state index contributed by atoms with van der Waals surface area (Å²) >= 11 is 0. The third-order valence-corrected chi connectivity index (χ3v) is 3.55. The Bertz CT molecular complexity index is 430. The van der Waals surface area contributed by atoms with Gasteiger partial charge in [0.2, 0.25) is 0 Å². The van der Waals surface area contributed by atoms with Crippen LogP contribution in [0.2, 0.25) is 0 Å². The minimum absolute atomic E-state index is 0.000714. The summed E-state index contributed by atoms with van der Waals surface area (Å²) in [4.78, 5) is 14.3. The first-order chi connectivity index (χ1) is 8.38. The van der Waals surface area contributed by atoms with Gasteiger partial charge in [0.05, 0.1) is 0 Å². The second-order valence-corrected chi connectivity index (χ2v) is 6.42. The molecular weight excluding hydrogens is 226 g/mol. The second kappa shape index (κ2) is 4.75. The molecule has 0 bridgehead atoms. The van der Waals surface area contributed by atoms with E-state index in [2.05, 4.69) is 37.9 Å². The zero-order chi connectivity index (χ0) is 13.3. The Morgan fingerprint density at radius 3 is 2.78 bits per heavy atom. The molecule has 1 N–H and O–H groups in total. The number of piperidine rings is 1. The molecule has 0 saturated carbocycles. The summed E-state index contributed by atoms with van der Waals surface area (Å²) in [7, 11) is 0. The molecule has 2 heterocycles. The van der Waals surface area contributed by atoms with Crippen LogP contribution in [0.25, 0.3) is 0 Å². The SMILES string of the molecule is CC1CCCN(C(=O)c2cc(C(C)(C)C)[nH]n2)C1. The molecule has 0 spiro atoms. The van der Waals surface area contributed by atoms with E-state index < -0.39 is 0 Å². The standard InChI is InChI=1S/C14H23N3O/c1-10-6-5-7-17(9-10)13(18)11-8-12(16-15-11)14(2,3)4/h8,10H,5-7,9H2,1-4H3,(H,15,16). The topological polar surface area (TPSA) is 49.0 Å². The molecule has 1 unspecified atom stereocenters. The number of H-pyrrole nitrogens is 1. The lowest BCUT2D eigenvalue weighted by atomic mass is 9.92. The first kappa shape index (κ1) is 13.1. The molecule has 1 aliphatic heterocycles. The predicted molar refractivity (Wildman–Crippen MR) is 71.6 cm³/mol. The van der Waals surface area contributed by atoms with Crippen molar-refractivity contribution in [3.8, 4) is 0 Å². The molecule has 4 heteroatoms. The van der Waals surface area contributed by atoms with Crippen molar-refractivity contribution in [1.82, 2.24) is 15.1 Å². The van der Waals surface area contributed by atoms with E-state index in [1.807, 2.05) is 11.0 Å². The maximum Gasteiger partial charge on any atom is 0.274 e. The lowest BCUT2D eigenvalue weighted by Gasteiger charge is -2.30. The van der Waals surface area contributed by atoms with Crippen molar-refractivity contribution < 1.29 is 4.79 Å². The van der Waals surface area contributed by atoms with Crippen LogP contribution in [0.4, 0.5) is 0 Å². The maximum absolute atomic E-state index is 12.3. The third-order valence-electron chi connectivity index (χ3n) is 3.55. The molecule has 0 aromatic carbocycles. The number of nitrogens with zero attached hydrogens (tertiary/aromatic N) is 2. The highest BCUT2D eigenvalue weighted by atomic mass is 16.2. The number of carbonyl (C=O) groups excluding carboxylic acids is 1. The fourth-order valence-electron chi connectivity index (χ4n) is 2.35. The molecule has 1 aromatic rings. The lowest BCUT2D eigenvalue weighted by Crippen LogP contribution is -2.39. The molecule has 1 saturated heterocycles. The van der Waals surface area contributed by atoms with E-state index in [4.69, 9.17) is 0 Å². The van der Waals surface area contributed by atoms with Gasteiger partial charge in [0.1, 0.15) is 5.69 Å². The number of aromatic nitrogens is 2. The molecule has 1 atom stereocenters. The van der Waals surface area contributed by atoms with Crippen LogP contribution in [0.1, 0.15) is 56.7 Å². The zero-order valence-electron chi connectivity index (χ0n) is 11.8. The number of aromatic amines is 1. The molecule has 4 nitrogen and oxygen atoms in total. The number of carbonyl (C=O) groups is 1. The molecular formula is C14H23N3O. The van der Waals surface area contributed by atoms with Crippen LogP contribution in [-0.4, -0.2) is 34.1 Å². The third kappa shape index (κ3) is 2.74. The summed E-state index contributed by atoms with van der Waals surface area (Å²) in [5.41, 5.74) is 1.56. The molecule has 2 rings (SSSR count). The van der Waals surface area contributed by atoms with Crippen molar-refractivity contribution in [2.24, 2.45) is 5.92 Å². The van der Waals surface area contributed by atoms with Gasteiger partial charge in [0.15, 0.2) is 0 Å². The van der Waals surface area contributed by atoms with Crippen LogP contribution in [0.15, 0.2) is 6.07 Å². The lowest BCUT2D eigenvalue weighted by molar-refractivity contribution is 0.0677. The number of likely N-dealkylation sites (tertiary alicyclic amines) is 1. The van der Waals surface area contributed by atoms with Crippen molar-refractivity contribution in [3.63, 3.8) is 0 Å². The average Bonchev–Trinajstić information content (AvgIpc) is 2.77. The number of hydrogen-bond donors (Lipinski definition) is 1. The van der Waals surface area contributed by atoms with Crippen LogP contribution in [0.5, 0.6) is 0 Å². The molecule has 0 radical (unpaired) electrons. The van der Waals surface area contributed by atoms with Crippen LogP contribution >= 0.6 is 0 Å². The van der Waals surface area contributed by atoms with Gasteiger partial charge in [-0.15, -0.1) is 0 Å². The smallest absolute Gasteiger partial charge is 0.274 e. The van der Waals surface area contributed by atoms with E-state index in [1.165, 1.54) is 6.42 Å². The largest absolute Gasteiger partial charge is 0.337 e. The Morgan fingerprint density at radius 1 is 1.50 bits per heavy atom. The minimum Gasteiger partial charge on any atom is -0.337 e. The van der Waals surface area contributed by atoms with E-state index in [-0.39, 0.29) is 11.3 Å². The normalized spacial score (nSPS) is 21.1. The highest BCUT2D eigenvalue weighted by Gasteiger charge is 2.25. The van der Waals surface area contributed by atoms with E-state index in [0.29, 0.717) is 11.6 Å². The van der Waals surface area contributed by atoms with Crippen molar-refractivity contribution in [2.45, 2.75) is 46.0 Å². The van der Waals surface area contributed by atoms with Crippen molar-refractivity contribution in [3.05, 3.63) is 17.5 Å². The predicted octanol–water partition coefficient (Wildman–Crippen LogP) is 2.58. The Morgan fingerprint density at radius 2 is 2.22 bits per heavy atom. The van der Waals surface area contributed by atoms with Gasteiger partial charge in [-0.25, -0.2) is 0 Å². The van der Waals surface area contributed by atoms with Crippen LogP contribution in [0, 0.1) is 5.92 Å². The summed E-state index contributed by atoms with van der Waals surface area (Å²) in [6, 6.07) is 1.89. The van der Waals surface area contributed by atoms with E-state index in [1.54, 1.807) is 0 Å². The Labute approximate surface area is 109 Å². The van der Waals surface area contributed by atoms with Crippen molar-refractivity contribution in [2.75, 3.05) is 13.1 Å². The van der Waals surface area contributed by atoms with Crippen LogP contribution < -0.4 is 0 Å². The Hall–Kier alpha value is -1.32. The van der Waals surface area contributed by atoms with Gasteiger partial charge in [0.25, 0.3) is 5.91 Å². The fraction of sp³-hybridized carbons (Fsp3) is 0.714. The second-order valence-electron chi connectivity index (χ2n) is 6.42. The maximum atomic E-state index is 12.3. The van der Waals surface area contributed by atoms with E-state index >= 15 is 0 Å². The molecule has 18 heavy (non-hydrogen) atoms. The van der Waals surface area contributed by atoms with Gasteiger partial charge in [0, 0.05) is 24.2 Å². The molecule has 1 amide bonds. The van der Waals surface area contributed by atoms with Gasteiger partial charge >= 0.3 is 0 Å². The minimum atomic E-state index is 0.000714. The fourth-order valence-corrected chi connectivity index (χ4v) is 2.35. The summed E-state index contributed by atoms with van der Waals surface area (Å²) in [6.45, 7) is 10.2. The number of amides is 1. The quantitative estimate of drug-likeness (QED) is 0.831.